The molecule has 1 N–H and O–H groups in total. The van der Waals surface area contributed by atoms with Gasteiger partial charge in [0.25, 0.3) is 0 Å². The van der Waals surface area contributed by atoms with Gasteiger partial charge in [0.1, 0.15) is 5.82 Å². The molecule has 0 saturated carbocycles. The predicted octanol–water partition coefficient (Wildman–Crippen LogP) is 4.52. The van der Waals surface area contributed by atoms with Gasteiger partial charge in [-0.3, -0.25) is 0 Å². The van der Waals surface area contributed by atoms with Crippen molar-refractivity contribution in [1.29, 1.82) is 0 Å². The summed E-state index contributed by atoms with van der Waals surface area (Å²) in [4.78, 5) is 4.81. The van der Waals surface area contributed by atoms with Gasteiger partial charge in [-0.15, -0.1) is 0 Å². The van der Waals surface area contributed by atoms with E-state index in [0.717, 1.165) is 28.0 Å². The number of hydrogen-bond donors (Lipinski definition) is 1. The summed E-state index contributed by atoms with van der Waals surface area (Å²) in [6.07, 6.45) is 0. The largest absolute Gasteiger partial charge is 0.324 e. The lowest BCUT2D eigenvalue weighted by Gasteiger charge is -2.10. The zero-order valence-electron chi connectivity index (χ0n) is 15.8. The minimum absolute atomic E-state index is 0.210. The normalized spacial score (nSPS) is 11.8. The number of nitrogens with zero attached hydrogens (tertiary/aromatic N) is 2. The van der Waals surface area contributed by atoms with Gasteiger partial charge in [0, 0.05) is 18.1 Å². The molecule has 0 fully saturated rings. The molecule has 4 rings (SSSR count). The van der Waals surface area contributed by atoms with Crippen LogP contribution in [0.5, 0.6) is 0 Å². The summed E-state index contributed by atoms with van der Waals surface area (Å²) in [6, 6.07) is 22.0. The number of rotatable bonds is 6. The number of sulfonamides is 1. The standard InChI is InChI=1S/C22H20ClN3O2S/c1-16-25-21-4-2-3-5-22(21)26(16)15-18-8-12-20(13-9-18)29(27,28)24-14-17-6-10-19(23)11-7-17/h2-13,24H,14-15H2,1H3. The van der Waals surface area contributed by atoms with E-state index in [1.165, 1.54) is 0 Å². The van der Waals surface area contributed by atoms with Crippen LogP contribution in [0.2, 0.25) is 5.02 Å². The number of imidazole rings is 1. The fraction of sp³-hybridized carbons (Fsp3) is 0.136. The van der Waals surface area contributed by atoms with Crippen molar-refractivity contribution in [2.45, 2.75) is 24.9 Å². The number of hydrogen-bond acceptors (Lipinski definition) is 3. The highest BCUT2D eigenvalue weighted by Crippen LogP contribution is 2.19. The molecule has 0 aliphatic rings. The summed E-state index contributed by atoms with van der Waals surface area (Å²) < 4.78 is 29.9. The van der Waals surface area contributed by atoms with Crippen LogP contribution in [0.3, 0.4) is 0 Å². The molecule has 0 aliphatic carbocycles. The molecule has 4 aromatic rings. The lowest BCUT2D eigenvalue weighted by atomic mass is 10.2. The summed E-state index contributed by atoms with van der Waals surface area (Å²) in [5.41, 5.74) is 3.87. The molecule has 1 heterocycles. The number of benzene rings is 3. The van der Waals surface area contributed by atoms with Crippen LogP contribution in [-0.4, -0.2) is 18.0 Å². The number of halogens is 1. The molecule has 0 atom stereocenters. The number of aryl methyl sites for hydroxylation is 1. The van der Waals surface area contributed by atoms with Crippen molar-refractivity contribution < 1.29 is 8.42 Å². The molecule has 0 bridgehead atoms. The van der Waals surface area contributed by atoms with Crippen LogP contribution >= 0.6 is 11.6 Å². The van der Waals surface area contributed by atoms with Gasteiger partial charge >= 0.3 is 0 Å². The minimum Gasteiger partial charge on any atom is -0.324 e. The summed E-state index contributed by atoms with van der Waals surface area (Å²) in [6.45, 7) is 2.81. The molecule has 0 spiro atoms. The second-order valence-electron chi connectivity index (χ2n) is 6.83. The van der Waals surface area contributed by atoms with E-state index < -0.39 is 10.0 Å². The van der Waals surface area contributed by atoms with Crippen molar-refractivity contribution in [3.63, 3.8) is 0 Å². The fourth-order valence-electron chi connectivity index (χ4n) is 3.22. The van der Waals surface area contributed by atoms with Crippen molar-refractivity contribution in [2.75, 3.05) is 0 Å². The Morgan fingerprint density at radius 3 is 2.31 bits per heavy atom. The summed E-state index contributed by atoms with van der Waals surface area (Å²) >= 11 is 5.86. The van der Waals surface area contributed by atoms with E-state index in [-0.39, 0.29) is 11.4 Å². The lowest BCUT2D eigenvalue weighted by Crippen LogP contribution is -2.23. The Kier molecular flexibility index (Phi) is 5.41. The number of fused-ring (bicyclic) bond motifs is 1. The van der Waals surface area contributed by atoms with Crippen LogP contribution in [0.4, 0.5) is 0 Å². The van der Waals surface area contributed by atoms with Gasteiger partial charge in [-0.05, 0) is 54.4 Å². The van der Waals surface area contributed by atoms with Crippen molar-refractivity contribution in [3.05, 3.63) is 94.8 Å². The summed E-state index contributed by atoms with van der Waals surface area (Å²) in [7, 11) is -3.59. The van der Waals surface area contributed by atoms with Crippen LogP contribution in [-0.2, 0) is 23.1 Å². The van der Waals surface area contributed by atoms with Gasteiger partial charge in [0.2, 0.25) is 10.0 Å². The van der Waals surface area contributed by atoms with Gasteiger partial charge in [-0.1, -0.05) is 48.0 Å². The van der Waals surface area contributed by atoms with Crippen LogP contribution in [0.1, 0.15) is 17.0 Å². The molecule has 29 heavy (non-hydrogen) atoms. The molecule has 3 aromatic carbocycles. The first-order valence-corrected chi connectivity index (χ1v) is 11.0. The minimum atomic E-state index is -3.59. The van der Waals surface area contributed by atoms with E-state index in [2.05, 4.69) is 14.3 Å². The zero-order valence-corrected chi connectivity index (χ0v) is 17.4. The predicted molar refractivity (Wildman–Crippen MR) is 115 cm³/mol. The molecule has 1 aromatic heterocycles. The number of para-hydroxylation sites is 2. The number of aromatic nitrogens is 2. The molecule has 148 valence electrons. The zero-order chi connectivity index (χ0) is 20.4. The van der Waals surface area contributed by atoms with E-state index >= 15 is 0 Å². The van der Waals surface area contributed by atoms with Crippen molar-refractivity contribution in [2.24, 2.45) is 0 Å². The Hall–Kier alpha value is -2.67. The summed E-state index contributed by atoms with van der Waals surface area (Å²) in [5, 5.41) is 0.619. The van der Waals surface area contributed by atoms with Crippen LogP contribution in [0.15, 0.2) is 77.7 Å². The maximum Gasteiger partial charge on any atom is 0.240 e. The topological polar surface area (TPSA) is 64.0 Å². The molecular weight excluding hydrogens is 406 g/mol. The molecule has 0 saturated heterocycles. The Morgan fingerprint density at radius 2 is 1.59 bits per heavy atom. The fourth-order valence-corrected chi connectivity index (χ4v) is 4.36. The summed E-state index contributed by atoms with van der Waals surface area (Å²) in [5.74, 6) is 0.924. The van der Waals surface area contributed by atoms with Gasteiger partial charge < -0.3 is 4.57 Å². The highest BCUT2D eigenvalue weighted by Gasteiger charge is 2.14. The quantitative estimate of drug-likeness (QED) is 0.493. The van der Waals surface area contributed by atoms with Gasteiger partial charge in [0.15, 0.2) is 0 Å². The monoisotopic (exact) mass is 425 g/mol. The molecular formula is C22H20ClN3O2S. The average Bonchev–Trinajstić information content (AvgIpc) is 3.03. The van der Waals surface area contributed by atoms with Gasteiger partial charge in [-0.2, -0.15) is 0 Å². The maximum atomic E-state index is 12.6. The molecule has 5 nitrogen and oxygen atoms in total. The highest BCUT2D eigenvalue weighted by molar-refractivity contribution is 7.89. The Bertz CT molecular complexity index is 1250. The first-order chi connectivity index (χ1) is 13.9. The Morgan fingerprint density at radius 1 is 0.931 bits per heavy atom. The van der Waals surface area contributed by atoms with Crippen molar-refractivity contribution in [3.8, 4) is 0 Å². The van der Waals surface area contributed by atoms with E-state index in [1.54, 1.807) is 36.4 Å². The average molecular weight is 426 g/mol. The van der Waals surface area contributed by atoms with Gasteiger partial charge in [-0.25, -0.2) is 18.1 Å². The second kappa shape index (κ2) is 7.99. The third kappa shape index (κ3) is 4.34. The van der Waals surface area contributed by atoms with Crippen LogP contribution < -0.4 is 4.72 Å². The van der Waals surface area contributed by atoms with Crippen molar-refractivity contribution in [1.82, 2.24) is 14.3 Å². The lowest BCUT2D eigenvalue weighted by molar-refractivity contribution is 0.581. The van der Waals surface area contributed by atoms with E-state index in [4.69, 9.17) is 11.6 Å². The van der Waals surface area contributed by atoms with Crippen molar-refractivity contribution >= 4 is 32.7 Å². The molecule has 0 unspecified atom stereocenters. The molecule has 7 heteroatoms. The first-order valence-electron chi connectivity index (χ1n) is 9.17. The highest BCUT2D eigenvalue weighted by atomic mass is 35.5. The first kappa shape index (κ1) is 19.6. The van der Waals surface area contributed by atoms with E-state index in [9.17, 15) is 8.42 Å². The van der Waals surface area contributed by atoms with E-state index in [1.807, 2.05) is 43.3 Å². The Labute approximate surface area is 175 Å². The maximum absolute atomic E-state index is 12.6. The second-order valence-corrected chi connectivity index (χ2v) is 9.03. The Balaban J connectivity index is 1.49. The third-order valence-corrected chi connectivity index (χ3v) is 6.47. The smallest absolute Gasteiger partial charge is 0.240 e. The molecule has 0 amide bonds. The third-order valence-electron chi connectivity index (χ3n) is 4.80. The van der Waals surface area contributed by atoms with Gasteiger partial charge in [0.05, 0.1) is 15.9 Å². The van der Waals surface area contributed by atoms with Crippen LogP contribution in [0, 0.1) is 6.92 Å². The van der Waals surface area contributed by atoms with E-state index in [0.29, 0.717) is 11.6 Å². The SMILES string of the molecule is Cc1nc2ccccc2n1Cc1ccc(S(=O)(=O)NCc2ccc(Cl)cc2)cc1. The molecule has 0 aliphatic heterocycles. The van der Waals surface area contributed by atoms with Crippen LogP contribution in [0.25, 0.3) is 11.0 Å². The number of nitrogens with one attached hydrogen (secondary N) is 1. The molecule has 0 radical (unpaired) electrons.